The molecule has 3 aromatic rings. The van der Waals surface area contributed by atoms with Gasteiger partial charge < -0.3 is 26.4 Å². The van der Waals surface area contributed by atoms with Gasteiger partial charge in [0.05, 0.1) is 26.7 Å². The van der Waals surface area contributed by atoms with Crippen molar-refractivity contribution in [1.82, 2.24) is 0 Å². The molecular formula is C20H13BrN2O5. The molecule has 140 valence electrons. The average molecular weight is 441 g/mol. The Kier molecular flexibility index (Phi) is 4.01. The van der Waals surface area contributed by atoms with Crippen molar-refractivity contribution >= 4 is 38.9 Å². The topological polar surface area (TPSA) is 136 Å². The molecule has 0 aromatic heterocycles. The Morgan fingerprint density at radius 3 is 1.93 bits per heavy atom. The molecule has 0 heterocycles. The van der Waals surface area contributed by atoms with Crippen molar-refractivity contribution in [2.75, 3.05) is 11.5 Å². The van der Waals surface area contributed by atoms with E-state index in [4.69, 9.17) is 16.2 Å². The van der Waals surface area contributed by atoms with E-state index in [9.17, 15) is 19.8 Å². The summed E-state index contributed by atoms with van der Waals surface area (Å²) in [6.07, 6.45) is 0. The number of halogens is 1. The maximum absolute atomic E-state index is 13.1. The Bertz CT molecular complexity index is 1180. The van der Waals surface area contributed by atoms with Crippen LogP contribution in [0.3, 0.4) is 0 Å². The molecule has 0 amide bonds. The number of ketones is 2. The summed E-state index contributed by atoms with van der Waals surface area (Å²) in [5.74, 6) is -2.06. The van der Waals surface area contributed by atoms with E-state index >= 15 is 0 Å². The lowest BCUT2D eigenvalue weighted by Gasteiger charge is -2.23. The summed E-state index contributed by atoms with van der Waals surface area (Å²) >= 11 is 3.10. The number of benzene rings is 3. The molecule has 8 heteroatoms. The molecular weight excluding hydrogens is 428 g/mol. The third-order valence-electron chi connectivity index (χ3n) is 4.46. The van der Waals surface area contributed by atoms with Gasteiger partial charge in [0.25, 0.3) is 0 Å². The first kappa shape index (κ1) is 17.9. The van der Waals surface area contributed by atoms with Crippen LogP contribution in [0.5, 0.6) is 23.0 Å². The number of fused-ring (bicyclic) bond motifs is 2. The number of rotatable bonds is 2. The summed E-state index contributed by atoms with van der Waals surface area (Å²) in [6.45, 7) is 0. The van der Waals surface area contributed by atoms with Crippen LogP contribution in [-0.2, 0) is 0 Å². The second-order valence-electron chi connectivity index (χ2n) is 6.18. The number of phenolic OH excluding ortho intramolecular Hbond substituents is 2. The standard InChI is InChI=1S/C20H13BrN2O5/c21-9-6-10(22)13-15(17(9)24)19(26)14-11(23)7-12(18(25)16(14)20(13)27)28-8-4-2-1-3-5-8/h1-7,24-25H,22-23H2. The SMILES string of the molecule is Nc1cc(Br)c(O)c2c1C(=O)c1c(O)c(Oc3ccccc3)cc(N)c1C2=O. The quantitative estimate of drug-likeness (QED) is 0.276. The number of hydrogen-bond donors (Lipinski definition) is 4. The molecule has 0 saturated heterocycles. The monoisotopic (exact) mass is 440 g/mol. The number of carbonyl (C=O) groups is 2. The Labute approximate surface area is 167 Å². The highest BCUT2D eigenvalue weighted by Gasteiger charge is 2.39. The van der Waals surface area contributed by atoms with E-state index in [1.165, 1.54) is 12.1 Å². The minimum Gasteiger partial charge on any atom is -0.506 e. The van der Waals surface area contributed by atoms with Crippen molar-refractivity contribution in [3.05, 3.63) is 69.2 Å². The summed E-state index contributed by atoms with van der Waals surface area (Å²) in [4.78, 5) is 26.1. The Morgan fingerprint density at radius 2 is 1.32 bits per heavy atom. The van der Waals surface area contributed by atoms with Crippen LogP contribution in [0.25, 0.3) is 0 Å². The van der Waals surface area contributed by atoms with Gasteiger partial charge in [0, 0.05) is 17.4 Å². The van der Waals surface area contributed by atoms with Crippen molar-refractivity contribution < 1.29 is 24.5 Å². The minimum atomic E-state index is -0.729. The lowest BCUT2D eigenvalue weighted by atomic mass is 9.81. The molecule has 0 radical (unpaired) electrons. The normalized spacial score (nSPS) is 12.5. The zero-order valence-corrected chi connectivity index (χ0v) is 15.8. The number of ether oxygens (including phenoxy) is 1. The fraction of sp³-hybridized carbons (Fsp3) is 0. The molecule has 0 bridgehead atoms. The predicted molar refractivity (Wildman–Crippen MR) is 106 cm³/mol. The lowest BCUT2D eigenvalue weighted by Crippen LogP contribution is -2.24. The number of phenols is 2. The Hall–Kier alpha value is -3.52. The van der Waals surface area contributed by atoms with Crippen LogP contribution in [0.1, 0.15) is 31.8 Å². The van der Waals surface area contributed by atoms with Crippen LogP contribution in [0.2, 0.25) is 0 Å². The molecule has 0 spiro atoms. The molecule has 7 nitrogen and oxygen atoms in total. The van der Waals surface area contributed by atoms with Crippen LogP contribution >= 0.6 is 15.9 Å². The van der Waals surface area contributed by atoms with Crippen LogP contribution in [0.15, 0.2) is 46.9 Å². The van der Waals surface area contributed by atoms with E-state index in [0.717, 1.165) is 0 Å². The predicted octanol–water partition coefficient (Wildman–Crippen LogP) is 3.59. The lowest BCUT2D eigenvalue weighted by molar-refractivity contribution is 0.0975. The molecule has 28 heavy (non-hydrogen) atoms. The van der Waals surface area contributed by atoms with E-state index in [-0.39, 0.29) is 43.9 Å². The van der Waals surface area contributed by atoms with E-state index in [0.29, 0.717) is 5.75 Å². The number of nitrogen functional groups attached to an aromatic ring is 2. The zero-order valence-electron chi connectivity index (χ0n) is 14.2. The van der Waals surface area contributed by atoms with E-state index in [2.05, 4.69) is 15.9 Å². The van der Waals surface area contributed by atoms with Gasteiger partial charge in [-0.3, -0.25) is 9.59 Å². The van der Waals surface area contributed by atoms with Gasteiger partial charge in [-0.25, -0.2) is 0 Å². The molecule has 0 atom stereocenters. The van der Waals surface area contributed by atoms with Crippen LogP contribution in [-0.4, -0.2) is 21.8 Å². The zero-order chi connectivity index (χ0) is 20.2. The van der Waals surface area contributed by atoms with Gasteiger partial charge in [0.15, 0.2) is 11.5 Å². The smallest absolute Gasteiger partial charge is 0.200 e. The van der Waals surface area contributed by atoms with E-state index in [1.807, 2.05) is 0 Å². The third-order valence-corrected chi connectivity index (χ3v) is 5.06. The van der Waals surface area contributed by atoms with Crippen LogP contribution in [0.4, 0.5) is 11.4 Å². The van der Waals surface area contributed by atoms with E-state index in [1.54, 1.807) is 30.3 Å². The van der Waals surface area contributed by atoms with Gasteiger partial charge >= 0.3 is 0 Å². The Balaban J connectivity index is 1.95. The van der Waals surface area contributed by atoms with Gasteiger partial charge in [-0.1, -0.05) is 18.2 Å². The summed E-state index contributed by atoms with van der Waals surface area (Å²) in [5.41, 5.74) is 10.9. The van der Waals surface area contributed by atoms with Crippen molar-refractivity contribution in [3.63, 3.8) is 0 Å². The third kappa shape index (κ3) is 2.49. The number of carbonyl (C=O) groups excluding carboxylic acids is 2. The highest BCUT2D eigenvalue weighted by atomic mass is 79.9. The number of anilines is 2. The molecule has 0 fully saturated rings. The van der Waals surface area contributed by atoms with Crippen molar-refractivity contribution in [3.8, 4) is 23.0 Å². The molecule has 4 rings (SSSR count). The van der Waals surface area contributed by atoms with Gasteiger partial charge in [-0.05, 0) is 34.1 Å². The number of para-hydroxylation sites is 1. The largest absolute Gasteiger partial charge is 0.506 e. The summed E-state index contributed by atoms with van der Waals surface area (Å²) in [5, 5.41) is 21.0. The summed E-state index contributed by atoms with van der Waals surface area (Å²) in [7, 11) is 0. The van der Waals surface area contributed by atoms with Gasteiger partial charge in [0.2, 0.25) is 11.6 Å². The maximum Gasteiger partial charge on any atom is 0.200 e. The van der Waals surface area contributed by atoms with Crippen molar-refractivity contribution in [1.29, 1.82) is 0 Å². The highest BCUT2D eigenvalue weighted by molar-refractivity contribution is 9.10. The summed E-state index contributed by atoms with van der Waals surface area (Å²) < 4.78 is 5.79. The fourth-order valence-corrected chi connectivity index (χ4v) is 3.65. The molecule has 0 unspecified atom stereocenters. The number of aromatic hydroxyl groups is 2. The van der Waals surface area contributed by atoms with Gasteiger partial charge in [0.1, 0.15) is 11.5 Å². The molecule has 6 N–H and O–H groups in total. The number of hydrogen-bond acceptors (Lipinski definition) is 7. The van der Waals surface area contributed by atoms with Crippen LogP contribution < -0.4 is 16.2 Å². The van der Waals surface area contributed by atoms with Crippen molar-refractivity contribution in [2.24, 2.45) is 0 Å². The second-order valence-corrected chi connectivity index (χ2v) is 7.04. The highest BCUT2D eigenvalue weighted by Crippen LogP contribution is 2.47. The molecule has 0 aliphatic heterocycles. The number of nitrogens with two attached hydrogens (primary N) is 2. The molecule has 1 aliphatic rings. The minimum absolute atomic E-state index is 0.0176. The summed E-state index contributed by atoms with van der Waals surface area (Å²) in [6, 6.07) is 11.2. The fourth-order valence-electron chi connectivity index (χ4n) is 3.20. The Morgan fingerprint density at radius 1 is 0.786 bits per heavy atom. The first-order chi connectivity index (χ1) is 13.3. The van der Waals surface area contributed by atoms with Gasteiger partial charge in [-0.15, -0.1) is 0 Å². The molecule has 0 saturated carbocycles. The molecule has 3 aromatic carbocycles. The molecule has 1 aliphatic carbocycles. The van der Waals surface area contributed by atoms with Crippen LogP contribution in [0, 0.1) is 0 Å². The first-order valence-electron chi connectivity index (χ1n) is 8.10. The van der Waals surface area contributed by atoms with E-state index < -0.39 is 23.1 Å². The second kappa shape index (κ2) is 6.28. The maximum atomic E-state index is 13.1. The van der Waals surface area contributed by atoms with Crippen molar-refractivity contribution in [2.45, 2.75) is 0 Å². The van der Waals surface area contributed by atoms with Gasteiger partial charge in [-0.2, -0.15) is 0 Å². The first-order valence-corrected chi connectivity index (χ1v) is 8.89. The average Bonchev–Trinajstić information content (AvgIpc) is 2.66.